The van der Waals surface area contributed by atoms with Crippen molar-refractivity contribution in [1.82, 2.24) is 15.4 Å². The Morgan fingerprint density at radius 1 is 1.35 bits per heavy atom. The van der Waals surface area contributed by atoms with Gasteiger partial charge in [0.25, 0.3) is 0 Å². The molecular formula is C13H11ClN4O2. The second-order valence-electron chi connectivity index (χ2n) is 4.09. The molecule has 0 aliphatic rings. The number of aromatic amines is 1. The van der Waals surface area contributed by atoms with Crippen LogP contribution in [-0.2, 0) is 0 Å². The van der Waals surface area contributed by atoms with Crippen molar-refractivity contribution < 1.29 is 9.26 Å². The fourth-order valence-electron chi connectivity index (χ4n) is 2.00. The second-order valence-corrected chi connectivity index (χ2v) is 4.52. The lowest BCUT2D eigenvalue weighted by Crippen LogP contribution is -1.93. The molecule has 6 nitrogen and oxygen atoms in total. The Kier molecular flexibility index (Phi) is 3.08. The Hall–Kier alpha value is -2.47. The third-order valence-electron chi connectivity index (χ3n) is 2.89. The minimum absolute atomic E-state index is 0.259. The van der Waals surface area contributed by atoms with E-state index in [4.69, 9.17) is 26.6 Å². The van der Waals surface area contributed by atoms with Crippen molar-refractivity contribution in [2.24, 2.45) is 0 Å². The third kappa shape index (κ3) is 2.00. The van der Waals surface area contributed by atoms with Crippen LogP contribution in [0.1, 0.15) is 0 Å². The van der Waals surface area contributed by atoms with Crippen molar-refractivity contribution in [3.05, 3.63) is 35.5 Å². The van der Waals surface area contributed by atoms with Gasteiger partial charge in [-0.15, -0.1) is 0 Å². The number of hydrogen-bond donors (Lipinski definition) is 2. The zero-order valence-electron chi connectivity index (χ0n) is 10.6. The Morgan fingerprint density at radius 3 is 2.90 bits per heavy atom. The van der Waals surface area contributed by atoms with Crippen LogP contribution < -0.4 is 10.5 Å². The lowest BCUT2D eigenvalue weighted by molar-refractivity contribution is 0.416. The zero-order chi connectivity index (χ0) is 14.1. The summed E-state index contributed by atoms with van der Waals surface area (Å²) >= 11 is 6.05. The number of H-pyrrole nitrogens is 1. The molecule has 2 heterocycles. The zero-order valence-corrected chi connectivity index (χ0v) is 11.3. The van der Waals surface area contributed by atoms with Crippen LogP contribution in [0.15, 0.2) is 35.0 Å². The van der Waals surface area contributed by atoms with Crippen molar-refractivity contribution in [2.45, 2.75) is 0 Å². The number of methoxy groups -OCH3 is 1. The van der Waals surface area contributed by atoms with Crippen LogP contribution in [0.4, 0.5) is 5.82 Å². The van der Waals surface area contributed by atoms with E-state index in [1.807, 2.05) is 0 Å². The predicted molar refractivity (Wildman–Crippen MR) is 75.5 cm³/mol. The summed E-state index contributed by atoms with van der Waals surface area (Å²) in [6.45, 7) is 0. The maximum Gasteiger partial charge on any atom is 0.194 e. The van der Waals surface area contributed by atoms with Crippen molar-refractivity contribution in [2.75, 3.05) is 12.8 Å². The van der Waals surface area contributed by atoms with Gasteiger partial charge in [0.05, 0.1) is 12.7 Å². The first kappa shape index (κ1) is 12.6. The van der Waals surface area contributed by atoms with Crippen LogP contribution in [0, 0.1) is 0 Å². The molecule has 0 spiro atoms. The Balaban J connectivity index is 2.25. The van der Waals surface area contributed by atoms with Gasteiger partial charge in [0, 0.05) is 16.8 Å². The van der Waals surface area contributed by atoms with Crippen molar-refractivity contribution in [1.29, 1.82) is 0 Å². The normalized spacial score (nSPS) is 10.7. The van der Waals surface area contributed by atoms with Gasteiger partial charge in [0.2, 0.25) is 0 Å². The number of ether oxygens (including phenoxy) is 1. The highest BCUT2D eigenvalue weighted by molar-refractivity contribution is 6.31. The highest BCUT2D eigenvalue weighted by Crippen LogP contribution is 2.41. The molecule has 3 rings (SSSR count). The third-order valence-corrected chi connectivity index (χ3v) is 3.13. The number of anilines is 1. The summed E-state index contributed by atoms with van der Waals surface area (Å²) in [6, 6.07) is 7.02. The molecule has 20 heavy (non-hydrogen) atoms. The molecule has 1 aromatic carbocycles. The van der Waals surface area contributed by atoms with Gasteiger partial charge in [-0.25, -0.2) is 0 Å². The van der Waals surface area contributed by atoms with Crippen molar-refractivity contribution in [3.8, 4) is 28.3 Å². The first-order chi connectivity index (χ1) is 9.70. The van der Waals surface area contributed by atoms with E-state index in [9.17, 15) is 0 Å². The Labute approximate surface area is 119 Å². The quantitative estimate of drug-likeness (QED) is 0.774. The van der Waals surface area contributed by atoms with Crippen molar-refractivity contribution in [3.63, 3.8) is 0 Å². The summed E-state index contributed by atoms with van der Waals surface area (Å²) in [7, 11) is 1.58. The number of rotatable bonds is 3. The number of nitrogen functional groups attached to an aromatic ring is 1. The van der Waals surface area contributed by atoms with Crippen LogP contribution >= 0.6 is 11.6 Å². The Bertz CT molecular complexity index is 737. The first-order valence-corrected chi connectivity index (χ1v) is 6.17. The molecule has 0 amide bonds. The lowest BCUT2D eigenvalue weighted by Gasteiger charge is -2.08. The monoisotopic (exact) mass is 290 g/mol. The number of hydrogen-bond acceptors (Lipinski definition) is 5. The maximum absolute atomic E-state index is 6.05. The lowest BCUT2D eigenvalue weighted by atomic mass is 10.0. The minimum Gasteiger partial charge on any atom is -0.496 e. The Morgan fingerprint density at radius 2 is 2.20 bits per heavy atom. The number of benzene rings is 1. The fraction of sp³-hybridized carbons (Fsp3) is 0.0769. The van der Waals surface area contributed by atoms with Gasteiger partial charge in [-0.3, -0.25) is 5.10 Å². The molecule has 0 radical (unpaired) electrons. The van der Waals surface area contributed by atoms with E-state index >= 15 is 0 Å². The minimum atomic E-state index is 0.259. The van der Waals surface area contributed by atoms with E-state index in [2.05, 4.69) is 15.4 Å². The van der Waals surface area contributed by atoms with E-state index < -0.39 is 0 Å². The summed E-state index contributed by atoms with van der Waals surface area (Å²) in [4.78, 5) is 0. The van der Waals surface area contributed by atoms with Crippen LogP contribution in [0.3, 0.4) is 0 Å². The molecule has 0 aliphatic carbocycles. The van der Waals surface area contributed by atoms with E-state index in [0.717, 1.165) is 0 Å². The van der Waals surface area contributed by atoms with Gasteiger partial charge >= 0.3 is 0 Å². The van der Waals surface area contributed by atoms with Crippen LogP contribution in [0.5, 0.6) is 5.75 Å². The standard InChI is InChI=1S/C13H11ClN4O2/c1-19-10-3-2-7(14)6-8(10)11-12(20-18-13(11)15)9-4-5-16-17-9/h2-6H,1H3,(H2,15,18)(H,16,17). The average molecular weight is 291 g/mol. The van der Waals surface area contributed by atoms with Gasteiger partial charge in [0.15, 0.2) is 11.6 Å². The molecule has 0 atom stereocenters. The summed E-state index contributed by atoms with van der Waals surface area (Å²) in [6.07, 6.45) is 1.62. The molecule has 102 valence electrons. The largest absolute Gasteiger partial charge is 0.496 e. The fourth-order valence-corrected chi connectivity index (χ4v) is 2.18. The van der Waals surface area contributed by atoms with Crippen LogP contribution in [0.25, 0.3) is 22.6 Å². The summed E-state index contributed by atoms with van der Waals surface area (Å²) in [5.41, 5.74) is 7.92. The molecule has 0 saturated heterocycles. The SMILES string of the molecule is COc1ccc(Cl)cc1-c1c(N)noc1-c1ccn[nH]1. The molecule has 0 bridgehead atoms. The molecule has 7 heteroatoms. The van der Waals surface area contributed by atoms with Gasteiger partial charge in [-0.2, -0.15) is 5.10 Å². The molecule has 2 aromatic heterocycles. The first-order valence-electron chi connectivity index (χ1n) is 5.79. The van der Waals surface area contributed by atoms with Crippen LogP contribution in [0.2, 0.25) is 5.02 Å². The van der Waals surface area contributed by atoms with Gasteiger partial charge in [0.1, 0.15) is 11.4 Å². The maximum atomic E-state index is 6.05. The molecule has 3 N–H and O–H groups in total. The average Bonchev–Trinajstić information content (AvgIpc) is 3.07. The number of nitrogens with zero attached hydrogens (tertiary/aromatic N) is 2. The second kappa shape index (κ2) is 4.90. The highest BCUT2D eigenvalue weighted by atomic mass is 35.5. The van der Waals surface area contributed by atoms with Gasteiger partial charge < -0.3 is 15.0 Å². The number of halogens is 1. The summed E-state index contributed by atoms with van der Waals surface area (Å²) in [5, 5.41) is 11.1. The molecule has 0 fully saturated rings. The smallest absolute Gasteiger partial charge is 0.194 e. The van der Waals surface area contributed by atoms with E-state index in [-0.39, 0.29) is 5.82 Å². The van der Waals surface area contributed by atoms with Gasteiger partial charge in [-0.1, -0.05) is 16.8 Å². The highest BCUT2D eigenvalue weighted by Gasteiger charge is 2.21. The van der Waals surface area contributed by atoms with Gasteiger partial charge in [-0.05, 0) is 24.3 Å². The summed E-state index contributed by atoms with van der Waals surface area (Å²) < 4.78 is 10.6. The molecule has 0 aliphatic heterocycles. The van der Waals surface area contributed by atoms with Crippen molar-refractivity contribution >= 4 is 17.4 Å². The predicted octanol–water partition coefficient (Wildman–Crippen LogP) is 2.98. The van der Waals surface area contributed by atoms with E-state index in [0.29, 0.717) is 33.4 Å². The number of nitrogens with one attached hydrogen (secondary N) is 1. The molecule has 3 aromatic rings. The number of nitrogens with two attached hydrogens (primary N) is 1. The number of aromatic nitrogens is 3. The molecule has 0 saturated carbocycles. The molecule has 0 unspecified atom stereocenters. The van der Waals surface area contributed by atoms with E-state index in [1.165, 1.54) is 0 Å². The van der Waals surface area contributed by atoms with Crippen LogP contribution in [-0.4, -0.2) is 22.5 Å². The summed E-state index contributed by atoms with van der Waals surface area (Å²) in [5.74, 6) is 1.38. The topological polar surface area (TPSA) is 90.0 Å². The van der Waals surface area contributed by atoms with E-state index in [1.54, 1.807) is 37.6 Å². The molecular weight excluding hydrogens is 280 g/mol.